The van der Waals surface area contributed by atoms with Crippen LogP contribution in [0.2, 0.25) is 0 Å². The fraction of sp³-hybridized carbons (Fsp3) is 0.462. The molecule has 0 amide bonds. The van der Waals surface area contributed by atoms with E-state index in [1.54, 1.807) is 13.2 Å². The molecule has 0 spiro atoms. The van der Waals surface area contributed by atoms with Gasteiger partial charge in [0.15, 0.2) is 0 Å². The third-order valence-corrected chi connectivity index (χ3v) is 3.05. The molecule has 1 aliphatic heterocycles. The number of ether oxygens (including phenoxy) is 1. The van der Waals surface area contributed by atoms with Crippen molar-refractivity contribution in [3.05, 3.63) is 29.3 Å². The molecule has 1 unspecified atom stereocenters. The maximum atomic E-state index is 9.48. The van der Waals surface area contributed by atoms with Gasteiger partial charge in [0, 0.05) is 25.2 Å². The van der Waals surface area contributed by atoms with Crippen LogP contribution >= 0.6 is 0 Å². The number of hydrogen-bond donors (Lipinski definition) is 1. The van der Waals surface area contributed by atoms with E-state index in [1.807, 2.05) is 12.1 Å². The van der Waals surface area contributed by atoms with E-state index < -0.39 is 0 Å². The van der Waals surface area contributed by atoms with Crippen molar-refractivity contribution in [2.24, 2.45) is 0 Å². The number of rotatable bonds is 3. The van der Waals surface area contributed by atoms with Crippen molar-refractivity contribution in [2.75, 3.05) is 20.2 Å². The van der Waals surface area contributed by atoms with Crippen LogP contribution < -0.4 is 4.74 Å². The van der Waals surface area contributed by atoms with E-state index >= 15 is 0 Å². The highest BCUT2D eigenvalue weighted by atomic mass is 16.5. The Labute approximate surface area is 101 Å². The molecule has 0 aromatic heterocycles. The Morgan fingerprint density at radius 1 is 1.59 bits per heavy atom. The second-order valence-corrected chi connectivity index (χ2v) is 4.32. The molecule has 2 rings (SSSR count). The number of aliphatic hydroxyl groups excluding tert-OH is 1. The number of likely N-dealkylation sites (tertiary alicyclic amines) is 1. The third kappa shape index (κ3) is 2.76. The maximum absolute atomic E-state index is 9.48. The second kappa shape index (κ2) is 5.17. The van der Waals surface area contributed by atoms with Crippen LogP contribution in [0.5, 0.6) is 5.75 Å². The van der Waals surface area contributed by atoms with Crippen LogP contribution in [0.4, 0.5) is 0 Å². The van der Waals surface area contributed by atoms with Crippen LogP contribution in [0.25, 0.3) is 0 Å². The second-order valence-electron chi connectivity index (χ2n) is 4.32. The highest BCUT2D eigenvalue weighted by molar-refractivity contribution is 5.42. The van der Waals surface area contributed by atoms with Gasteiger partial charge in [0.1, 0.15) is 5.75 Å². The molecule has 1 aliphatic rings. The molecule has 1 heterocycles. The Balaban J connectivity index is 2.16. The van der Waals surface area contributed by atoms with Gasteiger partial charge in [0.2, 0.25) is 0 Å². The van der Waals surface area contributed by atoms with Gasteiger partial charge in [-0.2, -0.15) is 5.26 Å². The molecular formula is C13H16N2O2. The van der Waals surface area contributed by atoms with Gasteiger partial charge >= 0.3 is 0 Å². The van der Waals surface area contributed by atoms with Crippen molar-refractivity contribution in [1.29, 1.82) is 5.26 Å². The Kier molecular flexibility index (Phi) is 3.62. The van der Waals surface area contributed by atoms with Crippen LogP contribution in [0.15, 0.2) is 18.2 Å². The zero-order chi connectivity index (χ0) is 12.3. The van der Waals surface area contributed by atoms with Crippen LogP contribution in [-0.2, 0) is 6.54 Å². The number of β-amino-alcohol motifs (C(OH)–C–C–N with tert-alkyl or cyclic N) is 1. The van der Waals surface area contributed by atoms with Crippen LogP contribution in [-0.4, -0.2) is 36.3 Å². The Morgan fingerprint density at radius 3 is 3.00 bits per heavy atom. The lowest BCUT2D eigenvalue weighted by Crippen LogP contribution is -2.21. The van der Waals surface area contributed by atoms with Crippen LogP contribution in [0.3, 0.4) is 0 Å². The average Bonchev–Trinajstić information content (AvgIpc) is 2.74. The van der Waals surface area contributed by atoms with E-state index in [-0.39, 0.29) is 6.10 Å². The largest absolute Gasteiger partial charge is 0.496 e. The summed E-state index contributed by atoms with van der Waals surface area (Å²) in [6.07, 6.45) is 0.598. The summed E-state index contributed by atoms with van der Waals surface area (Å²) in [5.41, 5.74) is 1.64. The van der Waals surface area contributed by atoms with Crippen molar-refractivity contribution < 1.29 is 9.84 Å². The zero-order valence-electron chi connectivity index (χ0n) is 9.89. The molecular weight excluding hydrogens is 216 g/mol. The molecule has 1 N–H and O–H groups in total. The third-order valence-electron chi connectivity index (χ3n) is 3.05. The molecule has 17 heavy (non-hydrogen) atoms. The summed E-state index contributed by atoms with van der Waals surface area (Å²) < 4.78 is 5.28. The summed E-state index contributed by atoms with van der Waals surface area (Å²) in [5.74, 6) is 0.797. The van der Waals surface area contributed by atoms with Crippen molar-refractivity contribution >= 4 is 0 Å². The molecule has 0 aliphatic carbocycles. The quantitative estimate of drug-likeness (QED) is 0.849. The van der Waals surface area contributed by atoms with Crippen molar-refractivity contribution in [2.45, 2.75) is 19.1 Å². The molecule has 4 heteroatoms. The fourth-order valence-electron chi connectivity index (χ4n) is 2.17. The smallest absolute Gasteiger partial charge is 0.123 e. The summed E-state index contributed by atoms with van der Waals surface area (Å²) in [6.45, 7) is 2.30. The molecule has 4 nitrogen and oxygen atoms in total. The zero-order valence-corrected chi connectivity index (χ0v) is 9.89. The predicted molar refractivity (Wildman–Crippen MR) is 63.6 cm³/mol. The molecule has 90 valence electrons. The van der Waals surface area contributed by atoms with Crippen molar-refractivity contribution in [3.8, 4) is 11.8 Å². The minimum atomic E-state index is -0.222. The Morgan fingerprint density at radius 2 is 2.41 bits per heavy atom. The summed E-state index contributed by atoms with van der Waals surface area (Å²) in [6, 6.07) is 7.55. The molecule has 0 radical (unpaired) electrons. The summed E-state index contributed by atoms with van der Waals surface area (Å²) in [4.78, 5) is 2.17. The Hall–Kier alpha value is -1.57. The monoisotopic (exact) mass is 232 g/mol. The minimum absolute atomic E-state index is 0.222. The molecule has 0 saturated carbocycles. The molecule has 0 bridgehead atoms. The number of aliphatic hydroxyl groups is 1. The normalized spacial score (nSPS) is 20.2. The number of hydrogen-bond acceptors (Lipinski definition) is 4. The highest BCUT2D eigenvalue weighted by Gasteiger charge is 2.21. The first-order valence-corrected chi connectivity index (χ1v) is 5.70. The number of nitrogens with zero attached hydrogens (tertiary/aromatic N) is 2. The van der Waals surface area contributed by atoms with E-state index in [9.17, 15) is 5.11 Å². The van der Waals surface area contributed by atoms with E-state index in [0.717, 1.165) is 30.8 Å². The first-order chi connectivity index (χ1) is 8.22. The van der Waals surface area contributed by atoms with Gasteiger partial charge in [0.25, 0.3) is 0 Å². The van der Waals surface area contributed by atoms with Crippen molar-refractivity contribution in [1.82, 2.24) is 4.90 Å². The van der Waals surface area contributed by atoms with E-state index in [1.165, 1.54) is 0 Å². The minimum Gasteiger partial charge on any atom is -0.496 e. The number of nitriles is 1. The molecule has 1 aromatic carbocycles. The van der Waals surface area contributed by atoms with Gasteiger partial charge in [-0.15, -0.1) is 0 Å². The van der Waals surface area contributed by atoms with Gasteiger partial charge in [-0.1, -0.05) is 0 Å². The van der Waals surface area contributed by atoms with Crippen molar-refractivity contribution in [3.63, 3.8) is 0 Å². The fourth-order valence-corrected chi connectivity index (χ4v) is 2.17. The van der Waals surface area contributed by atoms with Gasteiger partial charge in [-0.25, -0.2) is 0 Å². The first kappa shape index (κ1) is 11.9. The van der Waals surface area contributed by atoms with Crippen LogP contribution in [0.1, 0.15) is 17.5 Å². The lowest BCUT2D eigenvalue weighted by molar-refractivity contribution is 0.174. The molecule has 1 aromatic rings. The van der Waals surface area contributed by atoms with E-state index in [0.29, 0.717) is 12.1 Å². The Bertz CT molecular complexity index is 440. The van der Waals surface area contributed by atoms with Gasteiger partial charge in [0.05, 0.1) is 24.8 Å². The lowest BCUT2D eigenvalue weighted by Gasteiger charge is -2.17. The van der Waals surface area contributed by atoms with Gasteiger partial charge in [-0.3, -0.25) is 4.90 Å². The van der Waals surface area contributed by atoms with Crippen LogP contribution in [0, 0.1) is 11.3 Å². The summed E-state index contributed by atoms with van der Waals surface area (Å²) >= 11 is 0. The summed E-state index contributed by atoms with van der Waals surface area (Å²) in [5, 5.41) is 18.4. The molecule has 1 atom stereocenters. The van der Waals surface area contributed by atoms with Gasteiger partial charge in [-0.05, 0) is 24.6 Å². The number of benzene rings is 1. The maximum Gasteiger partial charge on any atom is 0.123 e. The highest BCUT2D eigenvalue weighted by Crippen LogP contribution is 2.23. The average molecular weight is 232 g/mol. The standard InChI is InChI=1S/C13H16N2O2/c1-17-13-3-2-10(7-14)6-11(13)8-15-5-4-12(16)9-15/h2-3,6,12,16H,4-5,8-9H2,1H3. The SMILES string of the molecule is COc1ccc(C#N)cc1CN1CCC(O)C1. The first-order valence-electron chi connectivity index (χ1n) is 5.70. The summed E-state index contributed by atoms with van der Waals surface area (Å²) in [7, 11) is 1.63. The predicted octanol–water partition coefficient (Wildman–Crippen LogP) is 1.13. The number of methoxy groups -OCH3 is 1. The molecule has 1 fully saturated rings. The molecule has 1 saturated heterocycles. The topological polar surface area (TPSA) is 56.5 Å². The van der Waals surface area contributed by atoms with E-state index in [4.69, 9.17) is 10.00 Å². The van der Waals surface area contributed by atoms with Gasteiger partial charge < -0.3 is 9.84 Å². The lowest BCUT2D eigenvalue weighted by atomic mass is 10.1. The van der Waals surface area contributed by atoms with E-state index in [2.05, 4.69) is 11.0 Å².